The third kappa shape index (κ3) is 0.0417. The van der Waals surface area contributed by atoms with Gasteiger partial charge in [0.05, 0.1) is 6.67 Å². The van der Waals surface area contributed by atoms with Crippen LogP contribution in [-0.2, 0) is 0 Å². The van der Waals surface area contributed by atoms with E-state index >= 15 is 0 Å². The van der Waals surface area contributed by atoms with E-state index in [9.17, 15) is 0 Å². The third-order valence-corrected chi connectivity index (χ3v) is 1.71. The van der Waals surface area contributed by atoms with Crippen LogP contribution in [0.25, 0.3) is 0 Å². The van der Waals surface area contributed by atoms with Crippen molar-refractivity contribution in [2.45, 2.75) is 0 Å². The van der Waals surface area contributed by atoms with Gasteiger partial charge in [-0.25, -0.2) is 9.35 Å². The van der Waals surface area contributed by atoms with Crippen LogP contribution >= 0.6 is 0 Å². The summed E-state index contributed by atoms with van der Waals surface area (Å²) in [5.74, 6) is 0. The van der Waals surface area contributed by atoms with E-state index in [2.05, 4.69) is 9.35 Å². The van der Waals surface area contributed by atoms with E-state index in [1.54, 1.807) is 0 Å². The van der Waals surface area contributed by atoms with E-state index in [4.69, 9.17) is 0 Å². The average Bonchev–Trinajstić information content (AvgIpc) is 1.36. The van der Waals surface area contributed by atoms with Gasteiger partial charge in [0.25, 0.3) is 9.84 Å². The van der Waals surface area contributed by atoms with Crippen LogP contribution in [-0.4, -0.2) is 25.9 Å². The molecule has 2 fully saturated rings. The van der Waals surface area contributed by atoms with E-state index in [1.807, 2.05) is 0 Å². The zero-order valence-electron chi connectivity index (χ0n) is 2.10. The summed E-state index contributed by atoms with van der Waals surface area (Å²) in [4.78, 5) is 0. The van der Waals surface area contributed by atoms with E-state index in [0.29, 0.717) is 0 Å². The number of fused-ring (bicyclic) bond motifs is 1. The van der Waals surface area contributed by atoms with Crippen molar-refractivity contribution < 1.29 is 0 Å². The molecule has 0 amide bonds. The first-order chi connectivity index (χ1) is 1.97. The molecule has 0 saturated carbocycles. The minimum absolute atomic E-state index is 1.07. The molecule has 0 bridgehead atoms. The second-order valence-electron chi connectivity index (χ2n) is 1.04. The van der Waals surface area contributed by atoms with Crippen molar-refractivity contribution in [1.29, 1.82) is 0 Å². The van der Waals surface area contributed by atoms with Crippen LogP contribution in [0.5, 0.6) is 0 Å². The average molecular weight is 70.1 g/mol. The highest BCUT2D eigenvalue weighted by molar-refractivity contribution is 6.41. The SMILES string of the molecule is C1N2[Si]N12. The van der Waals surface area contributed by atoms with Crippen molar-refractivity contribution in [3.63, 3.8) is 0 Å². The fourth-order valence-electron chi connectivity index (χ4n) is 0.197. The van der Waals surface area contributed by atoms with Crippen molar-refractivity contribution in [3.05, 3.63) is 0 Å². The van der Waals surface area contributed by atoms with Crippen molar-refractivity contribution in [1.82, 2.24) is 9.35 Å². The lowest BCUT2D eigenvalue weighted by Gasteiger charge is -1.56. The molecule has 20 valence electrons. The van der Waals surface area contributed by atoms with Gasteiger partial charge in [0.1, 0.15) is 0 Å². The minimum atomic E-state index is 1.07. The van der Waals surface area contributed by atoms with Crippen molar-refractivity contribution in [2.75, 3.05) is 6.67 Å². The largest absolute Gasteiger partial charge is 0.284 e. The van der Waals surface area contributed by atoms with Crippen molar-refractivity contribution in [3.8, 4) is 0 Å². The highest BCUT2D eigenvalue weighted by atomic mass is 28.2. The molecule has 0 aliphatic carbocycles. The van der Waals surface area contributed by atoms with Gasteiger partial charge in [-0.1, -0.05) is 0 Å². The van der Waals surface area contributed by atoms with Gasteiger partial charge in [-0.2, -0.15) is 0 Å². The predicted octanol–water partition coefficient (Wildman–Crippen LogP) is -0.976. The lowest BCUT2D eigenvalue weighted by Crippen LogP contribution is -1.87. The van der Waals surface area contributed by atoms with Gasteiger partial charge in [0.15, 0.2) is 0 Å². The van der Waals surface area contributed by atoms with Gasteiger partial charge in [-0.3, -0.25) is 0 Å². The van der Waals surface area contributed by atoms with E-state index < -0.39 is 0 Å². The predicted molar refractivity (Wildman–Crippen MR) is 14.3 cm³/mol. The lowest BCUT2D eigenvalue weighted by molar-refractivity contribution is 0.839. The lowest BCUT2D eigenvalue weighted by atomic mass is 11.4. The fraction of sp³-hybridized carbons (Fsp3) is 1.00. The molecule has 2 rings (SSSR count). The van der Waals surface area contributed by atoms with Crippen LogP contribution in [0.1, 0.15) is 0 Å². The van der Waals surface area contributed by atoms with Gasteiger partial charge >= 0.3 is 0 Å². The molecule has 0 aromatic rings. The first-order valence-electron chi connectivity index (χ1n) is 1.28. The Morgan fingerprint density at radius 2 is 1.75 bits per heavy atom. The Morgan fingerprint density at radius 3 is 1.75 bits per heavy atom. The fourth-order valence-corrected chi connectivity index (χ4v) is 0.592. The van der Waals surface area contributed by atoms with Gasteiger partial charge in [-0.05, 0) is 0 Å². The molecule has 0 spiro atoms. The summed E-state index contributed by atoms with van der Waals surface area (Å²) in [5, 5.41) is 0. The molecule has 2 saturated heterocycles. The highest BCUT2D eigenvalue weighted by Gasteiger charge is 2.49. The number of hydrazine groups is 1. The van der Waals surface area contributed by atoms with Gasteiger partial charge in [0, 0.05) is 0 Å². The van der Waals surface area contributed by atoms with Gasteiger partial charge < -0.3 is 0 Å². The molecule has 2 unspecified atom stereocenters. The maximum absolute atomic E-state index is 2.28. The van der Waals surface area contributed by atoms with Crippen LogP contribution in [0.3, 0.4) is 0 Å². The maximum Gasteiger partial charge on any atom is 0.284 e. The summed E-state index contributed by atoms with van der Waals surface area (Å²) in [6.45, 7) is 1.26. The normalized spacial score (nSPS) is 66.0. The van der Waals surface area contributed by atoms with Crippen LogP contribution < -0.4 is 0 Å². The highest BCUT2D eigenvalue weighted by Crippen LogP contribution is 2.25. The second-order valence-corrected chi connectivity index (χ2v) is 2.27. The summed E-state index contributed by atoms with van der Waals surface area (Å²) in [6.07, 6.45) is 0. The smallest absolute Gasteiger partial charge is 0.236 e. The molecule has 2 atom stereocenters. The quantitative estimate of drug-likeness (QED) is 0.267. The molecule has 0 aromatic carbocycles. The van der Waals surface area contributed by atoms with Crippen LogP contribution in [0.2, 0.25) is 0 Å². The number of rotatable bonds is 0. The van der Waals surface area contributed by atoms with Crippen molar-refractivity contribution >= 4 is 9.84 Å². The first kappa shape index (κ1) is 1.54. The van der Waals surface area contributed by atoms with E-state index in [1.165, 1.54) is 6.67 Å². The zero-order valence-corrected chi connectivity index (χ0v) is 3.10. The molecule has 0 aromatic heterocycles. The Bertz CT molecular complexity index is 42.0. The Balaban J connectivity index is 2.48. The Kier molecular flexibility index (Phi) is 0.0834. The second kappa shape index (κ2) is 0.216. The standard InChI is InChI=1S/CH2N2Si/c1-2-3(1)4-2/h1H2. The molecular formula is CH2N2Si. The summed E-state index contributed by atoms with van der Waals surface area (Å²) >= 11 is 0. The number of hydrogen-bond donors (Lipinski definition) is 0. The van der Waals surface area contributed by atoms with Gasteiger partial charge in [-0.15, -0.1) is 0 Å². The molecular weight excluding hydrogens is 68.1 g/mol. The van der Waals surface area contributed by atoms with Crippen LogP contribution in [0, 0.1) is 0 Å². The molecule has 2 radical (unpaired) electrons. The topological polar surface area (TPSA) is 6.02 Å². The third-order valence-electron chi connectivity index (χ3n) is 0.666. The van der Waals surface area contributed by atoms with E-state index in [-0.39, 0.29) is 0 Å². The Labute approximate surface area is 27.0 Å². The summed E-state index contributed by atoms with van der Waals surface area (Å²) in [5.41, 5.74) is 0. The summed E-state index contributed by atoms with van der Waals surface area (Å²) in [7, 11) is 1.07. The van der Waals surface area contributed by atoms with Crippen LogP contribution in [0.4, 0.5) is 0 Å². The molecule has 4 heavy (non-hydrogen) atoms. The maximum atomic E-state index is 2.28. The van der Waals surface area contributed by atoms with E-state index in [0.717, 1.165) is 9.84 Å². The monoisotopic (exact) mass is 70.0 g/mol. The number of nitrogens with zero attached hydrogens (tertiary/aromatic N) is 2. The molecule has 3 heteroatoms. The Morgan fingerprint density at radius 1 is 1.50 bits per heavy atom. The van der Waals surface area contributed by atoms with Gasteiger partial charge in [0.2, 0.25) is 0 Å². The zero-order chi connectivity index (χ0) is 2.57. The molecule has 2 nitrogen and oxygen atoms in total. The Hall–Kier alpha value is 0.137. The summed E-state index contributed by atoms with van der Waals surface area (Å²) in [6, 6.07) is 0. The van der Waals surface area contributed by atoms with Crippen LogP contribution in [0.15, 0.2) is 0 Å². The van der Waals surface area contributed by atoms with Crippen molar-refractivity contribution in [2.24, 2.45) is 0 Å². The molecule has 2 aliphatic rings. The molecule has 2 heterocycles. The molecule has 0 N–H and O–H groups in total. The number of hydrogen-bond acceptors (Lipinski definition) is 2. The minimum Gasteiger partial charge on any atom is -0.236 e. The first-order valence-corrected chi connectivity index (χ1v) is 2.17. The molecule has 2 aliphatic heterocycles. The summed E-state index contributed by atoms with van der Waals surface area (Å²) < 4.78 is 4.56.